The molecule has 0 aromatic carbocycles. The van der Waals surface area contributed by atoms with Crippen LogP contribution in [0.15, 0.2) is 0 Å². The molecule has 0 aromatic rings. The first-order valence-corrected chi connectivity index (χ1v) is 6.59. The normalized spacial score (nSPS) is 15.5. The predicted octanol–water partition coefficient (Wildman–Crippen LogP) is 3.30. The van der Waals surface area contributed by atoms with E-state index in [9.17, 15) is 4.79 Å². The molecular formula is C12H24BrNO. The number of carbonyl (C=O) groups is 1. The zero-order chi connectivity index (χ0) is 12.2. The molecule has 15 heavy (non-hydrogen) atoms. The van der Waals surface area contributed by atoms with Crippen LogP contribution in [0.2, 0.25) is 0 Å². The van der Waals surface area contributed by atoms with Crippen molar-refractivity contribution >= 4 is 21.8 Å². The fraction of sp³-hybridized carbons (Fsp3) is 0.917. The highest BCUT2D eigenvalue weighted by molar-refractivity contribution is 9.10. The maximum absolute atomic E-state index is 12.0. The van der Waals surface area contributed by atoms with Gasteiger partial charge in [0.2, 0.25) is 5.91 Å². The predicted molar refractivity (Wildman–Crippen MR) is 69.2 cm³/mol. The molecule has 0 heterocycles. The summed E-state index contributed by atoms with van der Waals surface area (Å²) in [5.74, 6) is 1.16. The molecule has 0 radical (unpaired) electrons. The van der Waals surface area contributed by atoms with E-state index in [1.807, 2.05) is 11.9 Å². The number of nitrogens with zero attached hydrogens (tertiary/aromatic N) is 1. The van der Waals surface area contributed by atoms with Crippen molar-refractivity contribution in [3.8, 4) is 0 Å². The molecule has 2 nitrogen and oxygen atoms in total. The van der Waals surface area contributed by atoms with Gasteiger partial charge in [0.05, 0.1) is 4.83 Å². The van der Waals surface area contributed by atoms with Crippen molar-refractivity contribution in [1.29, 1.82) is 0 Å². The van der Waals surface area contributed by atoms with Crippen LogP contribution in [0.1, 0.15) is 41.0 Å². The monoisotopic (exact) mass is 277 g/mol. The van der Waals surface area contributed by atoms with Gasteiger partial charge in [-0.05, 0) is 25.2 Å². The first kappa shape index (κ1) is 14.9. The summed E-state index contributed by atoms with van der Waals surface area (Å²) in [6, 6.07) is 0.316. The van der Waals surface area contributed by atoms with Crippen molar-refractivity contribution in [1.82, 2.24) is 4.90 Å². The van der Waals surface area contributed by atoms with Crippen LogP contribution in [0.5, 0.6) is 0 Å². The molecule has 90 valence electrons. The van der Waals surface area contributed by atoms with E-state index >= 15 is 0 Å². The maximum Gasteiger partial charge on any atom is 0.236 e. The summed E-state index contributed by atoms with van der Waals surface area (Å²) < 4.78 is 0. The Labute approximate surface area is 103 Å². The third kappa shape index (κ3) is 5.01. The Morgan fingerprint density at radius 2 is 1.67 bits per heavy atom. The first-order valence-electron chi connectivity index (χ1n) is 5.68. The van der Waals surface area contributed by atoms with Gasteiger partial charge >= 0.3 is 0 Å². The van der Waals surface area contributed by atoms with Crippen molar-refractivity contribution in [2.75, 3.05) is 7.05 Å². The van der Waals surface area contributed by atoms with Crippen LogP contribution in [-0.4, -0.2) is 28.7 Å². The molecule has 3 heteroatoms. The molecule has 0 aliphatic rings. The lowest BCUT2D eigenvalue weighted by Crippen LogP contribution is -2.41. The van der Waals surface area contributed by atoms with Gasteiger partial charge in [-0.1, -0.05) is 43.6 Å². The number of hydrogen-bond donors (Lipinski definition) is 0. The van der Waals surface area contributed by atoms with Gasteiger partial charge in [-0.3, -0.25) is 4.79 Å². The Bertz CT molecular complexity index is 204. The van der Waals surface area contributed by atoms with E-state index in [0.717, 1.165) is 6.42 Å². The fourth-order valence-electron chi connectivity index (χ4n) is 1.54. The van der Waals surface area contributed by atoms with Gasteiger partial charge in [-0.2, -0.15) is 0 Å². The van der Waals surface area contributed by atoms with Gasteiger partial charge in [0.15, 0.2) is 0 Å². The number of hydrogen-bond acceptors (Lipinski definition) is 1. The van der Waals surface area contributed by atoms with E-state index in [0.29, 0.717) is 17.9 Å². The molecule has 0 saturated heterocycles. The lowest BCUT2D eigenvalue weighted by Gasteiger charge is -2.29. The fourth-order valence-corrected chi connectivity index (χ4v) is 1.86. The minimum atomic E-state index is -0.0582. The van der Waals surface area contributed by atoms with Crippen LogP contribution in [0.3, 0.4) is 0 Å². The molecule has 0 spiro atoms. The van der Waals surface area contributed by atoms with Crippen molar-refractivity contribution in [3.63, 3.8) is 0 Å². The lowest BCUT2D eigenvalue weighted by molar-refractivity contribution is -0.131. The highest BCUT2D eigenvalue weighted by Crippen LogP contribution is 2.18. The van der Waals surface area contributed by atoms with E-state index in [2.05, 4.69) is 50.5 Å². The second kappa shape index (κ2) is 6.51. The van der Waals surface area contributed by atoms with Gasteiger partial charge in [0, 0.05) is 13.1 Å². The van der Waals surface area contributed by atoms with E-state index in [1.54, 1.807) is 0 Å². The summed E-state index contributed by atoms with van der Waals surface area (Å²) in [7, 11) is 1.89. The van der Waals surface area contributed by atoms with Crippen LogP contribution >= 0.6 is 15.9 Å². The summed E-state index contributed by atoms with van der Waals surface area (Å²) in [6.45, 7) is 10.6. The second-order valence-corrected chi connectivity index (χ2v) is 6.06. The molecule has 2 atom stereocenters. The minimum Gasteiger partial charge on any atom is -0.342 e. The Kier molecular flexibility index (Phi) is 6.49. The summed E-state index contributed by atoms with van der Waals surface area (Å²) in [6.07, 6.45) is 1.06. The van der Waals surface area contributed by atoms with Gasteiger partial charge in [0.25, 0.3) is 0 Å². The van der Waals surface area contributed by atoms with Crippen LogP contribution in [0.25, 0.3) is 0 Å². The highest BCUT2D eigenvalue weighted by atomic mass is 79.9. The molecule has 0 fully saturated rings. The number of amides is 1. The lowest BCUT2D eigenvalue weighted by atomic mass is 10.0. The first-order chi connectivity index (χ1) is 6.77. The quantitative estimate of drug-likeness (QED) is 0.707. The molecule has 0 aliphatic heterocycles. The summed E-state index contributed by atoms with van der Waals surface area (Å²) >= 11 is 3.45. The maximum atomic E-state index is 12.0. The van der Waals surface area contributed by atoms with Crippen LogP contribution < -0.4 is 0 Å². The number of halogens is 1. The van der Waals surface area contributed by atoms with Crippen molar-refractivity contribution in [2.45, 2.75) is 51.9 Å². The zero-order valence-electron chi connectivity index (χ0n) is 10.7. The van der Waals surface area contributed by atoms with Crippen molar-refractivity contribution in [3.05, 3.63) is 0 Å². The van der Waals surface area contributed by atoms with Gasteiger partial charge < -0.3 is 4.90 Å². The smallest absolute Gasteiger partial charge is 0.236 e. The van der Waals surface area contributed by atoms with Gasteiger partial charge in [0.1, 0.15) is 0 Å². The molecule has 0 rings (SSSR count). The summed E-state index contributed by atoms with van der Waals surface area (Å²) in [5.41, 5.74) is 0. The standard InChI is InChI=1S/C12H24BrNO/c1-8(2)7-10(5)14(6)12(15)11(13)9(3)4/h8-11H,7H2,1-6H3. The Morgan fingerprint density at radius 3 is 2.00 bits per heavy atom. The number of rotatable bonds is 5. The SMILES string of the molecule is CC(C)CC(C)N(C)C(=O)C(Br)C(C)C. The molecular weight excluding hydrogens is 254 g/mol. The molecule has 0 aromatic heterocycles. The number of carbonyl (C=O) groups excluding carboxylic acids is 1. The Morgan fingerprint density at radius 1 is 1.20 bits per heavy atom. The molecule has 0 aliphatic carbocycles. The van der Waals surface area contributed by atoms with E-state index in [-0.39, 0.29) is 10.7 Å². The van der Waals surface area contributed by atoms with E-state index < -0.39 is 0 Å². The molecule has 1 amide bonds. The van der Waals surface area contributed by atoms with Crippen molar-refractivity contribution in [2.24, 2.45) is 11.8 Å². The zero-order valence-corrected chi connectivity index (χ0v) is 12.3. The number of alkyl halides is 1. The van der Waals surface area contributed by atoms with Crippen LogP contribution in [0, 0.1) is 11.8 Å². The molecule has 0 N–H and O–H groups in total. The molecule has 0 bridgehead atoms. The third-order valence-electron chi connectivity index (χ3n) is 2.64. The average Bonchev–Trinajstić information content (AvgIpc) is 2.13. The second-order valence-electron chi connectivity index (χ2n) is 5.07. The summed E-state index contributed by atoms with van der Waals surface area (Å²) in [5, 5.41) is 0. The van der Waals surface area contributed by atoms with Crippen molar-refractivity contribution < 1.29 is 4.79 Å². The van der Waals surface area contributed by atoms with E-state index in [4.69, 9.17) is 0 Å². The topological polar surface area (TPSA) is 20.3 Å². The third-order valence-corrected chi connectivity index (χ3v) is 4.09. The Hall–Kier alpha value is -0.0500. The van der Waals surface area contributed by atoms with Gasteiger partial charge in [-0.15, -0.1) is 0 Å². The average molecular weight is 278 g/mol. The Balaban J connectivity index is 4.30. The van der Waals surface area contributed by atoms with E-state index in [1.165, 1.54) is 0 Å². The minimum absolute atomic E-state index is 0.0582. The molecule has 0 saturated carbocycles. The van der Waals surface area contributed by atoms with Gasteiger partial charge in [-0.25, -0.2) is 0 Å². The highest BCUT2D eigenvalue weighted by Gasteiger charge is 2.25. The summed E-state index contributed by atoms with van der Waals surface area (Å²) in [4.78, 5) is 13.8. The largest absolute Gasteiger partial charge is 0.342 e. The van der Waals surface area contributed by atoms with Crippen LogP contribution in [-0.2, 0) is 4.79 Å². The molecule has 2 unspecified atom stereocenters. The van der Waals surface area contributed by atoms with Crippen LogP contribution in [0.4, 0.5) is 0 Å².